The maximum absolute atomic E-state index is 13.2. The molecule has 25 heavy (non-hydrogen) atoms. The minimum absolute atomic E-state index is 0. The number of aliphatic imine (C=N–C) groups is 1. The number of nitrogens with one attached hydrogen (secondary N) is 2. The number of hydrogen-bond donors (Lipinski definition) is 2. The number of nitrogens with zero attached hydrogens (tertiary/aromatic N) is 3. The van der Waals surface area contributed by atoms with Gasteiger partial charge < -0.3 is 20.4 Å². The van der Waals surface area contributed by atoms with E-state index >= 15 is 0 Å². The first-order chi connectivity index (χ1) is 11.7. The Hall–Kier alpha value is -0.930. The molecule has 1 heterocycles. The molecule has 0 aromatic heterocycles. The molecule has 0 spiro atoms. The van der Waals surface area contributed by atoms with Gasteiger partial charge in [-0.15, -0.1) is 24.0 Å². The summed E-state index contributed by atoms with van der Waals surface area (Å²) in [6.07, 6.45) is 2.01. The van der Waals surface area contributed by atoms with Crippen LogP contribution in [0.5, 0.6) is 0 Å². The number of benzene rings is 1. The molecular formula is C18H31FIN5. The smallest absolute Gasteiger partial charge is 0.191 e. The van der Waals surface area contributed by atoms with E-state index in [0.29, 0.717) is 0 Å². The van der Waals surface area contributed by atoms with Crippen molar-refractivity contribution in [2.75, 3.05) is 59.9 Å². The van der Waals surface area contributed by atoms with Crippen LogP contribution in [0.25, 0.3) is 0 Å². The van der Waals surface area contributed by atoms with Gasteiger partial charge >= 0.3 is 0 Å². The summed E-state index contributed by atoms with van der Waals surface area (Å²) >= 11 is 0. The van der Waals surface area contributed by atoms with Crippen LogP contribution in [-0.2, 0) is 6.42 Å². The third kappa shape index (κ3) is 8.82. The van der Waals surface area contributed by atoms with E-state index in [4.69, 9.17) is 0 Å². The second kappa shape index (κ2) is 12.4. The van der Waals surface area contributed by atoms with Crippen LogP contribution in [0.15, 0.2) is 29.3 Å². The van der Waals surface area contributed by atoms with E-state index in [-0.39, 0.29) is 29.8 Å². The van der Waals surface area contributed by atoms with E-state index in [2.05, 4.69) is 32.5 Å². The first-order valence-electron chi connectivity index (χ1n) is 8.77. The molecular weight excluding hydrogens is 432 g/mol. The van der Waals surface area contributed by atoms with E-state index in [1.807, 2.05) is 6.07 Å². The van der Waals surface area contributed by atoms with Gasteiger partial charge in [-0.05, 0) is 50.7 Å². The van der Waals surface area contributed by atoms with Crippen molar-refractivity contribution < 1.29 is 4.39 Å². The average molecular weight is 463 g/mol. The first-order valence-corrected chi connectivity index (χ1v) is 8.77. The molecule has 0 saturated carbocycles. The molecule has 5 nitrogen and oxygen atoms in total. The van der Waals surface area contributed by atoms with Crippen LogP contribution < -0.4 is 10.6 Å². The number of guanidine groups is 1. The molecule has 0 amide bonds. The predicted molar refractivity (Wildman–Crippen MR) is 113 cm³/mol. The van der Waals surface area contributed by atoms with E-state index in [1.54, 1.807) is 19.2 Å². The molecule has 0 unspecified atom stereocenters. The summed E-state index contributed by atoms with van der Waals surface area (Å²) in [5.41, 5.74) is 0.992. The molecule has 2 rings (SSSR count). The van der Waals surface area contributed by atoms with E-state index in [9.17, 15) is 4.39 Å². The van der Waals surface area contributed by atoms with Gasteiger partial charge in [0.2, 0.25) is 0 Å². The van der Waals surface area contributed by atoms with Crippen LogP contribution in [0, 0.1) is 5.82 Å². The van der Waals surface area contributed by atoms with Gasteiger partial charge in [-0.3, -0.25) is 4.99 Å². The monoisotopic (exact) mass is 463 g/mol. The molecule has 0 aliphatic carbocycles. The molecule has 1 aliphatic rings. The third-order valence-electron chi connectivity index (χ3n) is 4.35. The van der Waals surface area contributed by atoms with Crippen LogP contribution in [0.1, 0.15) is 12.0 Å². The van der Waals surface area contributed by atoms with Crippen LogP contribution in [0.3, 0.4) is 0 Å². The minimum Gasteiger partial charge on any atom is -0.356 e. The zero-order valence-electron chi connectivity index (χ0n) is 15.3. The molecule has 1 aliphatic heterocycles. The standard InChI is InChI=1S/C18H30FN5.HI/c1-20-18(21-8-7-16-5-3-6-17(19)15-16)22-9-12-24-11-4-10-23(2)13-14-24;/h3,5-6,15H,4,7-14H2,1-2H3,(H2,20,21,22);1H. The molecule has 0 bridgehead atoms. The van der Waals surface area contributed by atoms with Crippen LogP contribution in [-0.4, -0.2) is 75.7 Å². The zero-order valence-corrected chi connectivity index (χ0v) is 17.6. The Morgan fingerprint density at radius 1 is 1.16 bits per heavy atom. The fourth-order valence-corrected chi connectivity index (χ4v) is 2.89. The Morgan fingerprint density at radius 2 is 1.96 bits per heavy atom. The van der Waals surface area contributed by atoms with Crippen molar-refractivity contribution in [2.45, 2.75) is 12.8 Å². The van der Waals surface area contributed by atoms with Crippen molar-refractivity contribution in [3.05, 3.63) is 35.6 Å². The highest BCUT2D eigenvalue weighted by molar-refractivity contribution is 14.0. The van der Waals surface area contributed by atoms with Gasteiger partial charge in [0, 0.05) is 39.8 Å². The molecule has 7 heteroatoms. The zero-order chi connectivity index (χ0) is 17.2. The Labute approximate surface area is 168 Å². The Morgan fingerprint density at radius 3 is 2.72 bits per heavy atom. The lowest BCUT2D eigenvalue weighted by Crippen LogP contribution is -2.42. The quantitative estimate of drug-likeness (QED) is 0.384. The van der Waals surface area contributed by atoms with Gasteiger partial charge in [-0.25, -0.2) is 4.39 Å². The molecule has 1 fully saturated rings. The van der Waals surface area contributed by atoms with E-state index in [1.165, 1.54) is 19.0 Å². The van der Waals surface area contributed by atoms with Crippen LogP contribution >= 0.6 is 24.0 Å². The lowest BCUT2D eigenvalue weighted by molar-refractivity contribution is 0.280. The second-order valence-electron chi connectivity index (χ2n) is 6.30. The van der Waals surface area contributed by atoms with E-state index < -0.39 is 0 Å². The fraction of sp³-hybridized carbons (Fsp3) is 0.611. The van der Waals surface area contributed by atoms with Crippen molar-refractivity contribution in [2.24, 2.45) is 4.99 Å². The summed E-state index contributed by atoms with van der Waals surface area (Å²) in [5, 5.41) is 6.64. The first kappa shape index (κ1) is 22.1. The van der Waals surface area contributed by atoms with Gasteiger partial charge in [-0.1, -0.05) is 12.1 Å². The number of halogens is 2. The topological polar surface area (TPSA) is 42.9 Å². The van der Waals surface area contributed by atoms with Crippen molar-refractivity contribution in [1.82, 2.24) is 20.4 Å². The average Bonchev–Trinajstić information content (AvgIpc) is 2.78. The minimum atomic E-state index is -0.182. The van der Waals surface area contributed by atoms with Gasteiger partial charge in [-0.2, -0.15) is 0 Å². The highest BCUT2D eigenvalue weighted by atomic mass is 127. The fourth-order valence-electron chi connectivity index (χ4n) is 2.89. The lowest BCUT2D eigenvalue weighted by Gasteiger charge is -2.21. The normalized spacial score (nSPS) is 16.8. The SMILES string of the molecule is CN=C(NCCc1cccc(F)c1)NCCN1CCCN(C)CC1.I. The summed E-state index contributed by atoms with van der Waals surface area (Å²) in [6.45, 7) is 7.26. The van der Waals surface area contributed by atoms with Gasteiger partial charge in [0.15, 0.2) is 5.96 Å². The van der Waals surface area contributed by atoms with Gasteiger partial charge in [0.1, 0.15) is 5.82 Å². The number of hydrogen-bond acceptors (Lipinski definition) is 3. The van der Waals surface area contributed by atoms with Gasteiger partial charge in [0.05, 0.1) is 0 Å². The van der Waals surface area contributed by atoms with Crippen molar-refractivity contribution in [1.29, 1.82) is 0 Å². The van der Waals surface area contributed by atoms with E-state index in [0.717, 1.165) is 57.2 Å². The van der Waals surface area contributed by atoms with Crippen LogP contribution in [0.4, 0.5) is 4.39 Å². The lowest BCUT2D eigenvalue weighted by atomic mass is 10.1. The summed E-state index contributed by atoms with van der Waals surface area (Å²) in [6, 6.07) is 6.74. The highest BCUT2D eigenvalue weighted by Crippen LogP contribution is 2.03. The van der Waals surface area contributed by atoms with Crippen molar-refractivity contribution >= 4 is 29.9 Å². The maximum atomic E-state index is 13.2. The molecule has 1 aromatic rings. The Kier molecular flexibility index (Phi) is 11.0. The van der Waals surface area contributed by atoms with Crippen molar-refractivity contribution in [3.8, 4) is 0 Å². The predicted octanol–water partition coefficient (Wildman–Crippen LogP) is 1.79. The second-order valence-corrected chi connectivity index (χ2v) is 6.30. The Balaban J connectivity index is 0.00000312. The molecule has 0 atom stereocenters. The number of rotatable bonds is 6. The summed E-state index contributed by atoms with van der Waals surface area (Å²) in [7, 11) is 3.96. The summed E-state index contributed by atoms with van der Waals surface area (Å²) in [4.78, 5) is 9.13. The molecule has 1 saturated heterocycles. The third-order valence-corrected chi connectivity index (χ3v) is 4.35. The maximum Gasteiger partial charge on any atom is 0.191 e. The Bertz CT molecular complexity index is 526. The van der Waals surface area contributed by atoms with Gasteiger partial charge in [0.25, 0.3) is 0 Å². The van der Waals surface area contributed by atoms with Crippen LogP contribution in [0.2, 0.25) is 0 Å². The number of likely N-dealkylation sites (N-methyl/N-ethyl adjacent to an activating group) is 1. The van der Waals surface area contributed by atoms with Crippen molar-refractivity contribution in [3.63, 3.8) is 0 Å². The summed E-state index contributed by atoms with van der Waals surface area (Å²) < 4.78 is 13.2. The summed E-state index contributed by atoms with van der Waals surface area (Å²) in [5.74, 6) is 0.622. The largest absolute Gasteiger partial charge is 0.356 e. The molecule has 142 valence electrons. The molecule has 2 N–H and O–H groups in total. The molecule has 0 radical (unpaired) electrons. The highest BCUT2D eigenvalue weighted by Gasteiger charge is 2.11. The molecule has 1 aromatic carbocycles.